The number of rotatable bonds is 4. The summed E-state index contributed by atoms with van der Waals surface area (Å²) in [6.45, 7) is 0. The second-order valence-electron chi connectivity index (χ2n) is 16.6. The molecule has 9 aromatic carbocycles. The van der Waals surface area contributed by atoms with Crippen molar-refractivity contribution in [3.05, 3.63) is 222 Å². The molecule has 0 unspecified atom stereocenters. The first-order valence-corrected chi connectivity index (χ1v) is 21.3. The van der Waals surface area contributed by atoms with Gasteiger partial charge in [-0.3, -0.25) is 0 Å². The van der Waals surface area contributed by atoms with Crippen molar-refractivity contribution in [2.45, 2.75) is 5.41 Å². The Bertz CT molecular complexity index is 3760. The lowest BCUT2D eigenvalue weighted by atomic mass is 9.69. The highest BCUT2D eigenvalue weighted by Crippen LogP contribution is 2.65. The second-order valence-corrected chi connectivity index (χ2v) is 16.6. The Hall–Kier alpha value is -8.41. The lowest BCUT2D eigenvalue weighted by Crippen LogP contribution is -2.26. The maximum Gasteiger partial charge on any atom is 0.164 e. The average Bonchev–Trinajstić information content (AvgIpc) is 4.08. The molecule has 2 aliphatic carbocycles. The van der Waals surface area contributed by atoms with Crippen molar-refractivity contribution in [2.24, 2.45) is 0 Å². The third-order valence-electron chi connectivity index (χ3n) is 13.3. The molecule has 12 aromatic rings. The molecule has 0 atom stereocenters. The molecule has 63 heavy (non-hydrogen) atoms. The van der Waals surface area contributed by atoms with E-state index in [1.54, 1.807) is 0 Å². The molecule has 0 radical (unpaired) electrons. The number of hydrogen-bond donors (Lipinski definition) is 0. The van der Waals surface area contributed by atoms with Crippen LogP contribution in [0.25, 0.3) is 111 Å². The normalized spacial score (nSPS) is 13.2. The molecule has 0 fully saturated rings. The standard InChI is InChI=1S/C58H33N3O2/c1-3-14-34(15-4-1)55-59-56(35-16-5-2-6-17-35)61-57(60-55)38-19-13-18-36(30-38)37-26-28-50-45(31-37)53-51(62-50)29-27-42-43-32-44-41-22-9-12-25-49(41)63-52(44)33-48(43)58(54(42)53)46-23-10-7-20-39(46)40-21-8-11-24-47(40)58/h1-33H. The van der Waals surface area contributed by atoms with E-state index in [-0.39, 0.29) is 0 Å². The van der Waals surface area contributed by atoms with Crippen LogP contribution in [0, 0.1) is 0 Å². The summed E-state index contributed by atoms with van der Waals surface area (Å²) < 4.78 is 13.5. The zero-order chi connectivity index (χ0) is 41.2. The van der Waals surface area contributed by atoms with E-state index in [0.717, 1.165) is 71.7 Å². The highest BCUT2D eigenvalue weighted by molar-refractivity contribution is 6.16. The minimum atomic E-state index is -0.608. The summed E-state index contributed by atoms with van der Waals surface area (Å²) in [7, 11) is 0. The Kier molecular flexibility index (Phi) is 6.97. The van der Waals surface area contributed by atoms with E-state index >= 15 is 0 Å². The van der Waals surface area contributed by atoms with Crippen LogP contribution in [0.15, 0.2) is 209 Å². The Morgan fingerprint density at radius 1 is 0.302 bits per heavy atom. The van der Waals surface area contributed by atoms with Gasteiger partial charge in [0.05, 0.1) is 5.41 Å². The predicted octanol–water partition coefficient (Wildman–Crippen LogP) is 14.7. The van der Waals surface area contributed by atoms with Gasteiger partial charge < -0.3 is 8.83 Å². The van der Waals surface area contributed by atoms with Crippen LogP contribution in [0.1, 0.15) is 22.3 Å². The Labute approximate surface area is 361 Å². The van der Waals surface area contributed by atoms with E-state index in [4.69, 9.17) is 23.8 Å². The third kappa shape index (κ3) is 4.79. The number of nitrogens with zero attached hydrogens (tertiary/aromatic N) is 3. The zero-order valence-corrected chi connectivity index (χ0v) is 33.7. The monoisotopic (exact) mass is 803 g/mol. The molecule has 0 aliphatic heterocycles. The van der Waals surface area contributed by atoms with Crippen molar-refractivity contribution in [1.29, 1.82) is 0 Å². The third-order valence-corrected chi connectivity index (χ3v) is 13.3. The van der Waals surface area contributed by atoms with Crippen molar-refractivity contribution < 1.29 is 8.83 Å². The van der Waals surface area contributed by atoms with Crippen LogP contribution < -0.4 is 0 Å². The Balaban J connectivity index is 1.00. The van der Waals surface area contributed by atoms with Crippen LogP contribution in [0.2, 0.25) is 0 Å². The number of para-hydroxylation sites is 1. The van der Waals surface area contributed by atoms with E-state index in [0.29, 0.717) is 17.5 Å². The molecule has 292 valence electrons. The van der Waals surface area contributed by atoms with Crippen molar-refractivity contribution in [2.75, 3.05) is 0 Å². The van der Waals surface area contributed by atoms with Crippen LogP contribution in [0.3, 0.4) is 0 Å². The topological polar surface area (TPSA) is 65.0 Å². The fourth-order valence-corrected chi connectivity index (χ4v) is 10.7. The summed E-state index contributed by atoms with van der Waals surface area (Å²) in [5.74, 6) is 1.89. The highest BCUT2D eigenvalue weighted by Gasteiger charge is 2.53. The van der Waals surface area contributed by atoms with Crippen LogP contribution in [0.4, 0.5) is 0 Å². The van der Waals surface area contributed by atoms with Gasteiger partial charge in [0.1, 0.15) is 22.3 Å². The van der Waals surface area contributed by atoms with Gasteiger partial charge in [0.2, 0.25) is 0 Å². The molecule has 1 spiro atoms. The number of furan rings is 2. The first-order valence-electron chi connectivity index (χ1n) is 21.3. The van der Waals surface area contributed by atoms with Gasteiger partial charge in [-0.1, -0.05) is 158 Å². The van der Waals surface area contributed by atoms with Gasteiger partial charge in [-0.25, -0.2) is 15.0 Å². The number of aromatic nitrogens is 3. The largest absolute Gasteiger partial charge is 0.456 e. The molecular weight excluding hydrogens is 771 g/mol. The molecule has 0 bridgehead atoms. The fourth-order valence-electron chi connectivity index (χ4n) is 10.7. The summed E-state index contributed by atoms with van der Waals surface area (Å²) in [5.41, 5.74) is 17.8. The van der Waals surface area contributed by atoms with Crippen LogP contribution in [-0.2, 0) is 5.41 Å². The van der Waals surface area contributed by atoms with Crippen molar-refractivity contribution in [3.8, 4) is 67.5 Å². The average molecular weight is 804 g/mol. The lowest BCUT2D eigenvalue weighted by molar-refractivity contribution is 0.666. The van der Waals surface area contributed by atoms with E-state index in [1.165, 1.54) is 44.5 Å². The number of hydrogen-bond acceptors (Lipinski definition) is 5. The number of benzene rings is 9. The van der Waals surface area contributed by atoms with Gasteiger partial charge in [0, 0.05) is 38.2 Å². The number of fused-ring (bicyclic) bond motifs is 17. The maximum absolute atomic E-state index is 6.82. The van der Waals surface area contributed by atoms with E-state index < -0.39 is 5.41 Å². The van der Waals surface area contributed by atoms with Crippen LogP contribution >= 0.6 is 0 Å². The fraction of sp³-hybridized carbons (Fsp3) is 0.0172. The minimum Gasteiger partial charge on any atom is -0.456 e. The summed E-state index contributed by atoms with van der Waals surface area (Å²) >= 11 is 0. The van der Waals surface area contributed by atoms with Crippen molar-refractivity contribution in [3.63, 3.8) is 0 Å². The van der Waals surface area contributed by atoms with E-state index in [1.807, 2.05) is 66.7 Å². The minimum absolute atomic E-state index is 0.608. The first-order chi connectivity index (χ1) is 31.2. The van der Waals surface area contributed by atoms with Crippen LogP contribution in [-0.4, -0.2) is 15.0 Å². The Morgan fingerprint density at radius 2 is 0.857 bits per heavy atom. The summed E-state index contributed by atoms with van der Waals surface area (Å²) in [5, 5.41) is 4.45. The van der Waals surface area contributed by atoms with E-state index in [9.17, 15) is 0 Å². The summed E-state index contributed by atoms with van der Waals surface area (Å²) in [6, 6.07) is 70.7. The molecule has 0 saturated carbocycles. The zero-order valence-electron chi connectivity index (χ0n) is 33.7. The van der Waals surface area contributed by atoms with Gasteiger partial charge in [0.15, 0.2) is 17.5 Å². The molecule has 0 N–H and O–H groups in total. The predicted molar refractivity (Wildman–Crippen MR) is 252 cm³/mol. The van der Waals surface area contributed by atoms with Gasteiger partial charge >= 0.3 is 0 Å². The van der Waals surface area contributed by atoms with Gasteiger partial charge in [-0.2, -0.15) is 0 Å². The van der Waals surface area contributed by atoms with E-state index in [2.05, 4.69) is 133 Å². The second kappa shape index (κ2) is 12.8. The highest BCUT2D eigenvalue weighted by atomic mass is 16.3. The van der Waals surface area contributed by atoms with Crippen LogP contribution in [0.5, 0.6) is 0 Å². The lowest BCUT2D eigenvalue weighted by Gasteiger charge is -2.31. The molecular formula is C58H33N3O2. The molecule has 2 aliphatic rings. The smallest absolute Gasteiger partial charge is 0.164 e. The molecule has 0 amide bonds. The van der Waals surface area contributed by atoms with Crippen molar-refractivity contribution >= 4 is 43.9 Å². The van der Waals surface area contributed by atoms with Gasteiger partial charge in [-0.05, 0) is 98.1 Å². The molecule has 5 nitrogen and oxygen atoms in total. The molecule has 0 saturated heterocycles. The molecule has 3 heterocycles. The Morgan fingerprint density at radius 3 is 1.59 bits per heavy atom. The van der Waals surface area contributed by atoms with Gasteiger partial charge in [0.25, 0.3) is 0 Å². The summed E-state index contributed by atoms with van der Waals surface area (Å²) in [6.07, 6.45) is 0. The molecule has 5 heteroatoms. The first kappa shape index (κ1) is 34.3. The SMILES string of the molecule is c1ccc(-c2nc(-c3ccccc3)nc(-c3cccc(-c4ccc5oc6ccc7c(c6c5c4)C4(c5ccccc5-c5ccccc54)c4cc5oc6ccccc6c5cc4-7)c3)n2)cc1. The summed E-state index contributed by atoms with van der Waals surface area (Å²) in [4.78, 5) is 15.0. The van der Waals surface area contributed by atoms with Gasteiger partial charge in [-0.15, -0.1) is 0 Å². The molecule has 14 rings (SSSR count). The molecule has 3 aromatic heterocycles. The quantitative estimate of drug-likeness (QED) is 0.177. The van der Waals surface area contributed by atoms with Crippen molar-refractivity contribution in [1.82, 2.24) is 15.0 Å². The maximum atomic E-state index is 6.82.